The van der Waals surface area contributed by atoms with Crippen molar-refractivity contribution >= 4 is 8.32 Å². The van der Waals surface area contributed by atoms with Crippen LogP contribution < -0.4 is 0 Å². The molecule has 3 heteroatoms. The summed E-state index contributed by atoms with van der Waals surface area (Å²) in [5.41, 5.74) is 0.0231. The first-order chi connectivity index (χ1) is 8.02. The smallest absolute Gasteiger partial charge is 0.192 e. The quantitative estimate of drug-likeness (QED) is 0.580. The summed E-state index contributed by atoms with van der Waals surface area (Å²) in [6.07, 6.45) is 7.70. The number of hydrogen-bond donors (Lipinski definition) is 1. The van der Waals surface area contributed by atoms with Crippen molar-refractivity contribution in [2.24, 2.45) is 5.41 Å². The van der Waals surface area contributed by atoms with Gasteiger partial charge in [0.05, 0.1) is 6.61 Å². The van der Waals surface area contributed by atoms with Gasteiger partial charge in [-0.15, -0.1) is 0 Å². The maximum atomic E-state index is 8.66. The third kappa shape index (κ3) is 6.52. The molecule has 0 rings (SSSR count). The average Bonchev–Trinajstić information content (AvgIpc) is 2.21. The highest BCUT2D eigenvalue weighted by Crippen LogP contribution is 2.37. The molecule has 0 saturated heterocycles. The van der Waals surface area contributed by atoms with E-state index in [0.29, 0.717) is 0 Å². The van der Waals surface area contributed by atoms with Crippen LogP contribution in [-0.4, -0.2) is 26.6 Å². The molecule has 0 aromatic rings. The van der Waals surface area contributed by atoms with Crippen molar-refractivity contribution in [3.8, 4) is 0 Å². The van der Waals surface area contributed by atoms with Gasteiger partial charge in [0.1, 0.15) is 0 Å². The predicted octanol–water partition coefficient (Wildman–Crippen LogP) is 4.14. The fraction of sp³-hybridized carbons (Fsp3) is 0.733. The van der Waals surface area contributed by atoms with Gasteiger partial charge in [0.2, 0.25) is 0 Å². The fourth-order valence-corrected chi connectivity index (χ4v) is 2.25. The van der Waals surface area contributed by atoms with E-state index in [2.05, 4.69) is 53.8 Å². The monoisotopic (exact) mass is 270 g/mol. The standard InChI is InChI=1S/C15H30O2Si/c1-14(2,3)18(6,7)17-13-15(4,5)11-9-8-10-12-16/h8-11,16H,12-13H2,1-7H3/b10-8+,11-9+. The molecule has 0 unspecified atom stereocenters. The van der Waals surface area contributed by atoms with Gasteiger partial charge in [-0.05, 0) is 18.1 Å². The summed E-state index contributed by atoms with van der Waals surface area (Å²) in [5, 5.41) is 8.91. The second-order valence-electron chi connectivity index (χ2n) is 7.01. The predicted molar refractivity (Wildman–Crippen MR) is 82.3 cm³/mol. The van der Waals surface area contributed by atoms with Gasteiger partial charge in [0.15, 0.2) is 8.32 Å². The molecule has 0 radical (unpaired) electrons. The Balaban J connectivity index is 4.43. The van der Waals surface area contributed by atoms with Crippen LogP contribution in [0.1, 0.15) is 34.6 Å². The molecule has 18 heavy (non-hydrogen) atoms. The zero-order valence-corrected chi connectivity index (χ0v) is 14.1. The van der Waals surface area contributed by atoms with Crippen molar-refractivity contribution in [1.82, 2.24) is 0 Å². The molecule has 0 aliphatic carbocycles. The van der Waals surface area contributed by atoms with E-state index in [1.807, 2.05) is 12.2 Å². The molecule has 1 N–H and O–H groups in total. The highest BCUT2D eigenvalue weighted by molar-refractivity contribution is 6.74. The molecule has 0 aliphatic rings. The lowest BCUT2D eigenvalue weighted by atomic mass is 9.94. The van der Waals surface area contributed by atoms with Crippen molar-refractivity contribution in [1.29, 1.82) is 0 Å². The van der Waals surface area contributed by atoms with Crippen molar-refractivity contribution < 1.29 is 9.53 Å². The van der Waals surface area contributed by atoms with Crippen LogP contribution in [0.5, 0.6) is 0 Å². The molecule has 0 aromatic heterocycles. The summed E-state index contributed by atoms with van der Waals surface area (Å²) in [4.78, 5) is 0. The third-order valence-corrected chi connectivity index (χ3v) is 7.99. The van der Waals surface area contributed by atoms with Gasteiger partial charge in [0, 0.05) is 12.0 Å². The summed E-state index contributed by atoms with van der Waals surface area (Å²) in [5.74, 6) is 0. The van der Waals surface area contributed by atoms with Crippen LogP contribution >= 0.6 is 0 Å². The topological polar surface area (TPSA) is 29.5 Å². The Morgan fingerprint density at radius 3 is 2.06 bits per heavy atom. The third-order valence-electron chi connectivity index (χ3n) is 3.51. The molecule has 0 aromatic carbocycles. The molecular weight excluding hydrogens is 240 g/mol. The largest absolute Gasteiger partial charge is 0.416 e. The molecule has 0 fully saturated rings. The Labute approximate surface area is 114 Å². The molecular formula is C15H30O2Si. The summed E-state index contributed by atoms with van der Waals surface area (Å²) < 4.78 is 6.23. The lowest BCUT2D eigenvalue weighted by Crippen LogP contribution is -2.42. The van der Waals surface area contributed by atoms with E-state index in [0.717, 1.165) is 6.61 Å². The van der Waals surface area contributed by atoms with Crippen LogP contribution in [0.15, 0.2) is 24.3 Å². The SMILES string of the molecule is CC(C)(/C=C/C=C/CO)CO[Si](C)(C)C(C)(C)C. The molecule has 106 valence electrons. The highest BCUT2D eigenvalue weighted by atomic mass is 28.4. The first-order valence-corrected chi connectivity index (χ1v) is 9.52. The first-order valence-electron chi connectivity index (χ1n) is 6.61. The lowest BCUT2D eigenvalue weighted by Gasteiger charge is -2.38. The summed E-state index contributed by atoms with van der Waals surface area (Å²) in [6.45, 7) is 16.5. The van der Waals surface area contributed by atoms with Gasteiger partial charge in [-0.1, -0.05) is 58.9 Å². The second-order valence-corrected chi connectivity index (χ2v) is 11.8. The van der Waals surface area contributed by atoms with Crippen LogP contribution in [0.25, 0.3) is 0 Å². The summed E-state index contributed by atoms with van der Waals surface area (Å²) in [6, 6.07) is 0. The van der Waals surface area contributed by atoms with Gasteiger partial charge in [-0.2, -0.15) is 0 Å². The van der Waals surface area contributed by atoms with E-state index in [-0.39, 0.29) is 17.1 Å². The molecule has 2 nitrogen and oxygen atoms in total. The molecule has 0 amide bonds. The van der Waals surface area contributed by atoms with E-state index in [9.17, 15) is 0 Å². The van der Waals surface area contributed by atoms with E-state index in [1.54, 1.807) is 6.08 Å². The Kier molecular flexibility index (Phi) is 6.55. The number of hydrogen-bond acceptors (Lipinski definition) is 2. The summed E-state index contributed by atoms with van der Waals surface area (Å²) in [7, 11) is -1.66. The Bertz CT molecular complexity index is 296. The van der Waals surface area contributed by atoms with Crippen LogP contribution in [0.4, 0.5) is 0 Å². The molecule has 0 saturated carbocycles. The summed E-state index contributed by atoms with van der Waals surface area (Å²) >= 11 is 0. The van der Waals surface area contributed by atoms with Gasteiger partial charge < -0.3 is 9.53 Å². The normalized spacial score (nSPS) is 14.9. The maximum absolute atomic E-state index is 8.66. The van der Waals surface area contributed by atoms with E-state index >= 15 is 0 Å². The van der Waals surface area contributed by atoms with Crippen molar-refractivity contribution in [2.75, 3.05) is 13.2 Å². The van der Waals surface area contributed by atoms with Gasteiger partial charge >= 0.3 is 0 Å². The Morgan fingerprint density at radius 1 is 1.06 bits per heavy atom. The lowest BCUT2D eigenvalue weighted by molar-refractivity contribution is 0.202. The van der Waals surface area contributed by atoms with E-state index in [1.165, 1.54) is 0 Å². The Hall–Kier alpha value is -0.383. The minimum absolute atomic E-state index is 0.0231. The zero-order valence-electron chi connectivity index (χ0n) is 13.1. The Morgan fingerprint density at radius 2 is 1.61 bits per heavy atom. The fourth-order valence-electron chi connectivity index (χ4n) is 1.09. The van der Waals surface area contributed by atoms with Gasteiger partial charge in [-0.25, -0.2) is 0 Å². The number of aliphatic hydroxyl groups excluding tert-OH is 1. The minimum Gasteiger partial charge on any atom is -0.416 e. The van der Waals surface area contributed by atoms with Crippen molar-refractivity contribution in [3.63, 3.8) is 0 Å². The maximum Gasteiger partial charge on any atom is 0.192 e. The van der Waals surface area contributed by atoms with Crippen LogP contribution in [0, 0.1) is 5.41 Å². The minimum atomic E-state index is -1.66. The number of aliphatic hydroxyl groups is 1. The molecule has 0 aliphatic heterocycles. The van der Waals surface area contributed by atoms with Crippen LogP contribution in [-0.2, 0) is 4.43 Å². The highest BCUT2D eigenvalue weighted by Gasteiger charge is 2.38. The molecule has 0 spiro atoms. The second kappa shape index (κ2) is 6.69. The molecule has 0 heterocycles. The van der Waals surface area contributed by atoms with E-state index < -0.39 is 8.32 Å². The van der Waals surface area contributed by atoms with Gasteiger partial charge in [-0.3, -0.25) is 0 Å². The first kappa shape index (κ1) is 17.6. The van der Waals surface area contributed by atoms with E-state index in [4.69, 9.17) is 9.53 Å². The zero-order chi connectivity index (χ0) is 14.4. The molecule has 0 atom stereocenters. The average molecular weight is 270 g/mol. The number of rotatable bonds is 6. The van der Waals surface area contributed by atoms with Crippen LogP contribution in [0.3, 0.4) is 0 Å². The van der Waals surface area contributed by atoms with Crippen molar-refractivity contribution in [3.05, 3.63) is 24.3 Å². The van der Waals surface area contributed by atoms with Gasteiger partial charge in [0.25, 0.3) is 0 Å². The molecule has 0 bridgehead atoms. The van der Waals surface area contributed by atoms with Crippen molar-refractivity contribution in [2.45, 2.75) is 52.8 Å². The van der Waals surface area contributed by atoms with Crippen LogP contribution in [0.2, 0.25) is 18.1 Å². The number of allylic oxidation sites excluding steroid dienone is 2.